The molecule has 15 heavy (non-hydrogen) atoms. The molecule has 1 rings (SSSR count). The highest BCUT2D eigenvalue weighted by Gasteiger charge is 2.32. The van der Waals surface area contributed by atoms with Crippen LogP contribution in [0.25, 0.3) is 0 Å². The minimum absolute atomic E-state index is 0.0350. The fourth-order valence-corrected chi connectivity index (χ4v) is 1.67. The molecule has 1 heterocycles. The summed E-state index contributed by atoms with van der Waals surface area (Å²) in [4.78, 5) is 11.8. The van der Waals surface area contributed by atoms with Crippen molar-refractivity contribution in [3.8, 4) is 0 Å². The van der Waals surface area contributed by atoms with Gasteiger partial charge in [0, 0.05) is 12.1 Å². The second-order valence-corrected chi connectivity index (χ2v) is 4.49. The highest BCUT2D eigenvalue weighted by atomic mass is 16.5. The number of ether oxygens (including phenoxy) is 1. The SMILES string of the molecule is CCC(C)C(C)NC(=O)C1COCC1N. The van der Waals surface area contributed by atoms with E-state index < -0.39 is 0 Å². The van der Waals surface area contributed by atoms with E-state index in [1.54, 1.807) is 0 Å². The number of carbonyl (C=O) groups excluding carboxylic acids is 1. The third-order valence-electron chi connectivity index (χ3n) is 3.33. The van der Waals surface area contributed by atoms with Crippen molar-refractivity contribution in [1.82, 2.24) is 5.32 Å². The van der Waals surface area contributed by atoms with Gasteiger partial charge in [-0.15, -0.1) is 0 Å². The summed E-state index contributed by atoms with van der Waals surface area (Å²) >= 11 is 0. The zero-order valence-electron chi connectivity index (χ0n) is 9.82. The number of carbonyl (C=O) groups is 1. The Kier molecular flexibility index (Phi) is 4.54. The third-order valence-corrected chi connectivity index (χ3v) is 3.33. The molecule has 3 N–H and O–H groups in total. The fraction of sp³-hybridized carbons (Fsp3) is 0.909. The molecule has 1 aliphatic heterocycles. The van der Waals surface area contributed by atoms with Crippen LogP contribution in [-0.4, -0.2) is 31.2 Å². The van der Waals surface area contributed by atoms with E-state index in [9.17, 15) is 4.79 Å². The second kappa shape index (κ2) is 5.47. The van der Waals surface area contributed by atoms with Crippen LogP contribution in [-0.2, 0) is 9.53 Å². The van der Waals surface area contributed by atoms with Crippen molar-refractivity contribution in [3.63, 3.8) is 0 Å². The van der Waals surface area contributed by atoms with Crippen LogP contribution in [0.1, 0.15) is 27.2 Å². The van der Waals surface area contributed by atoms with Crippen LogP contribution in [0.3, 0.4) is 0 Å². The number of amides is 1. The molecule has 1 amide bonds. The van der Waals surface area contributed by atoms with Crippen molar-refractivity contribution in [2.45, 2.75) is 39.3 Å². The van der Waals surface area contributed by atoms with Gasteiger partial charge in [0.15, 0.2) is 0 Å². The first-order chi connectivity index (χ1) is 7.06. The first-order valence-corrected chi connectivity index (χ1v) is 5.70. The summed E-state index contributed by atoms with van der Waals surface area (Å²) in [6.45, 7) is 7.25. The normalized spacial score (nSPS) is 29.9. The smallest absolute Gasteiger partial charge is 0.227 e. The average molecular weight is 214 g/mol. The van der Waals surface area contributed by atoms with Crippen LogP contribution in [0.5, 0.6) is 0 Å². The maximum Gasteiger partial charge on any atom is 0.227 e. The number of nitrogens with one attached hydrogen (secondary N) is 1. The predicted octanol–water partition coefficient (Wildman–Crippen LogP) is 0.511. The van der Waals surface area contributed by atoms with Gasteiger partial charge in [-0.05, 0) is 12.8 Å². The molecule has 0 aromatic rings. The van der Waals surface area contributed by atoms with Crippen molar-refractivity contribution < 1.29 is 9.53 Å². The largest absolute Gasteiger partial charge is 0.379 e. The van der Waals surface area contributed by atoms with Crippen LogP contribution in [0.15, 0.2) is 0 Å². The van der Waals surface area contributed by atoms with Gasteiger partial charge in [-0.3, -0.25) is 4.79 Å². The van der Waals surface area contributed by atoms with E-state index in [1.165, 1.54) is 0 Å². The van der Waals surface area contributed by atoms with Gasteiger partial charge in [-0.25, -0.2) is 0 Å². The minimum Gasteiger partial charge on any atom is -0.379 e. The van der Waals surface area contributed by atoms with Crippen LogP contribution in [0, 0.1) is 11.8 Å². The topological polar surface area (TPSA) is 64.3 Å². The van der Waals surface area contributed by atoms with E-state index in [1.807, 2.05) is 6.92 Å². The van der Waals surface area contributed by atoms with E-state index in [4.69, 9.17) is 10.5 Å². The van der Waals surface area contributed by atoms with E-state index in [-0.39, 0.29) is 23.9 Å². The molecule has 0 radical (unpaired) electrons. The summed E-state index contributed by atoms with van der Waals surface area (Å²) in [6.07, 6.45) is 1.06. The Morgan fingerprint density at radius 3 is 2.67 bits per heavy atom. The first kappa shape index (κ1) is 12.5. The van der Waals surface area contributed by atoms with E-state index in [0.29, 0.717) is 19.1 Å². The van der Waals surface area contributed by atoms with Crippen molar-refractivity contribution in [2.24, 2.45) is 17.6 Å². The monoisotopic (exact) mass is 214 g/mol. The Hall–Kier alpha value is -0.610. The molecule has 1 aliphatic rings. The molecule has 0 aliphatic carbocycles. The molecule has 88 valence electrons. The van der Waals surface area contributed by atoms with Gasteiger partial charge >= 0.3 is 0 Å². The predicted molar refractivity (Wildman–Crippen MR) is 59.3 cm³/mol. The van der Waals surface area contributed by atoms with Crippen molar-refractivity contribution in [1.29, 1.82) is 0 Å². The molecule has 4 atom stereocenters. The maximum absolute atomic E-state index is 11.8. The van der Waals surface area contributed by atoms with Crippen LogP contribution >= 0.6 is 0 Å². The minimum atomic E-state index is -0.170. The van der Waals surface area contributed by atoms with E-state index >= 15 is 0 Å². The zero-order chi connectivity index (χ0) is 11.4. The molecular formula is C11H22N2O2. The second-order valence-electron chi connectivity index (χ2n) is 4.49. The highest BCUT2D eigenvalue weighted by Crippen LogP contribution is 2.13. The number of rotatable bonds is 4. The van der Waals surface area contributed by atoms with Crippen molar-refractivity contribution in [2.75, 3.05) is 13.2 Å². The molecule has 4 nitrogen and oxygen atoms in total. The summed E-state index contributed by atoms with van der Waals surface area (Å²) in [5, 5.41) is 3.00. The summed E-state index contributed by atoms with van der Waals surface area (Å²) in [5.74, 6) is 0.358. The van der Waals surface area contributed by atoms with Gasteiger partial charge in [-0.2, -0.15) is 0 Å². The van der Waals surface area contributed by atoms with Gasteiger partial charge in [0.2, 0.25) is 5.91 Å². The molecule has 0 spiro atoms. The van der Waals surface area contributed by atoms with Crippen molar-refractivity contribution in [3.05, 3.63) is 0 Å². The lowest BCUT2D eigenvalue weighted by molar-refractivity contribution is -0.126. The van der Waals surface area contributed by atoms with E-state index in [2.05, 4.69) is 19.2 Å². The molecule has 4 unspecified atom stereocenters. The van der Waals surface area contributed by atoms with Gasteiger partial charge in [0.05, 0.1) is 19.1 Å². The van der Waals surface area contributed by atoms with Gasteiger partial charge in [-0.1, -0.05) is 20.3 Å². The zero-order valence-corrected chi connectivity index (χ0v) is 9.82. The Labute approximate surface area is 91.5 Å². The Morgan fingerprint density at radius 1 is 1.53 bits per heavy atom. The standard InChI is InChI=1S/C11H22N2O2/c1-4-7(2)8(3)13-11(14)9-5-15-6-10(9)12/h7-10H,4-6,12H2,1-3H3,(H,13,14). The lowest BCUT2D eigenvalue weighted by Gasteiger charge is -2.22. The fourth-order valence-electron chi connectivity index (χ4n) is 1.67. The summed E-state index contributed by atoms with van der Waals surface area (Å²) < 4.78 is 5.17. The molecule has 4 heteroatoms. The number of nitrogens with two attached hydrogens (primary N) is 1. The third kappa shape index (κ3) is 3.18. The van der Waals surface area contributed by atoms with Gasteiger partial charge < -0.3 is 15.8 Å². The maximum atomic E-state index is 11.8. The van der Waals surface area contributed by atoms with Crippen LogP contribution < -0.4 is 11.1 Å². The number of hydrogen-bond acceptors (Lipinski definition) is 3. The number of hydrogen-bond donors (Lipinski definition) is 2. The summed E-state index contributed by atoms with van der Waals surface area (Å²) in [5.41, 5.74) is 5.78. The summed E-state index contributed by atoms with van der Waals surface area (Å²) in [7, 11) is 0. The van der Waals surface area contributed by atoms with Gasteiger partial charge in [0.25, 0.3) is 0 Å². The Morgan fingerprint density at radius 2 is 2.20 bits per heavy atom. The molecule has 0 saturated carbocycles. The molecule has 1 saturated heterocycles. The Bertz CT molecular complexity index is 221. The van der Waals surface area contributed by atoms with Gasteiger partial charge in [0.1, 0.15) is 0 Å². The molecular weight excluding hydrogens is 192 g/mol. The quantitative estimate of drug-likeness (QED) is 0.716. The molecule has 0 bridgehead atoms. The Balaban J connectivity index is 2.41. The lowest BCUT2D eigenvalue weighted by Crippen LogP contribution is -2.45. The first-order valence-electron chi connectivity index (χ1n) is 5.70. The summed E-state index contributed by atoms with van der Waals surface area (Å²) in [6, 6.07) is 0.0597. The van der Waals surface area contributed by atoms with Crippen molar-refractivity contribution >= 4 is 5.91 Å². The molecule has 1 fully saturated rings. The van der Waals surface area contributed by atoms with Crippen LogP contribution in [0.2, 0.25) is 0 Å². The van der Waals surface area contributed by atoms with E-state index in [0.717, 1.165) is 6.42 Å². The van der Waals surface area contributed by atoms with Crippen LogP contribution in [0.4, 0.5) is 0 Å². The molecule has 0 aromatic carbocycles. The average Bonchev–Trinajstić information content (AvgIpc) is 2.63. The highest BCUT2D eigenvalue weighted by molar-refractivity contribution is 5.80. The lowest BCUT2D eigenvalue weighted by atomic mass is 9.98. The molecule has 0 aromatic heterocycles.